The predicted octanol–water partition coefficient (Wildman–Crippen LogP) is 5.01. The molecule has 0 aliphatic rings. The molecule has 0 fully saturated rings. The topological polar surface area (TPSA) is 24.4 Å². The van der Waals surface area contributed by atoms with E-state index in [-0.39, 0.29) is 0 Å². The predicted molar refractivity (Wildman–Crippen MR) is 81.0 cm³/mol. The number of benzene rings is 2. The molecule has 0 saturated heterocycles. The molecule has 2 rings (SSSR count). The van der Waals surface area contributed by atoms with Crippen LogP contribution in [0.5, 0.6) is 0 Å². The van der Waals surface area contributed by atoms with Crippen LogP contribution in [-0.2, 0) is 6.42 Å². The molecule has 0 atom stereocenters. The molecular weight excluding hydrogens is 364 g/mol. The molecular formula is C15H11BrF4N2. The van der Waals surface area contributed by atoms with Gasteiger partial charge < -0.3 is 0 Å². The monoisotopic (exact) mass is 374 g/mol. The number of hydrazone groups is 1. The van der Waals surface area contributed by atoms with Gasteiger partial charge in [-0.15, -0.1) is 0 Å². The maximum Gasteiger partial charge on any atom is 0.188 e. The lowest BCUT2D eigenvalue weighted by atomic mass is 10.1. The molecule has 0 heterocycles. The molecule has 0 saturated carbocycles. The van der Waals surface area contributed by atoms with E-state index in [1.54, 1.807) is 12.1 Å². The second-order valence-electron chi connectivity index (χ2n) is 4.41. The van der Waals surface area contributed by atoms with Crippen molar-refractivity contribution in [2.45, 2.75) is 13.3 Å². The van der Waals surface area contributed by atoms with Gasteiger partial charge in [0, 0.05) is 0 Å². The Morgan fingerprint density at radius 3 is 2.05 bits per heavy atom. The number of aryl methyl sites for hydroxylation is 1. The first-order valence-corrected chi connectivity index (χ1v) is 7.14. The van der Waals surface area contributed by atoms with E-state index in [4.69, 9.17) is 0 Å². The number of halogens is 5. The lowest BCUT2D eigenvalue weighted by Crippen LogP contribution is -2.04. The average Bonchev–Trinajstić information content (AvgIpc) is 2.55. The highest BCUT2D eigenvalue weighted by molar-refractivity contribution is 9.10. The zero-order valence-corrected chi connectivity index (χ0v) is 13.0. The Labute approximate surface area is 133 Å². The smallest absolute Gasteiger partial charge is 0.188 e. The highest BCUT2D eigenvalue weighted by Crippen LogP contribution is 2.31. The highest BCUT2D eigenvalue weighted by Gasteiger charge is 2.23. The van der Waals surface area contributed by atoms with Crippen molar-refractivity contribution in [1.29, 1.82) is 0 Å². The third-order valence-corrected chi connectivity index (χ3v) is 3.68. The fourth-order valence-electron chi connectivity index (χ4n) is 1.71. The quantitative estimate of drug-likeness (QED) is 0.262. The lowest BCUT2D eigenvalue weighted by Gasteiger charge is -2.07. The zero-order chi connectivity index (χ0) is 16.3. The molecule has 0 radical (unpaired) electrons. The summed E-state index contributed by atoms with van der Waals surface area (Å²) in [5.41, 5.74) is 2.79. The zero-order valence-electron chi connectivity index (χ0n) is 11.4. The van der Waals surface area contributed by atoms with E-state index in [1.807, 2.05) is 24.5 Å². The van der Waals surface area contributed by atoms with Crippen LogP contribution in [0.3, 0.4) is 0 Å². The van der Waals surface area contributed by atoms with Crippen molar-refractivity contribution in [3.63, 3.8) is 0 Å². The average molecular weight is 375 g/mol. The number of anilines is 1. The summed E-state index contributed by atoms with van der Waals surface area (Å²) >= 11 is 2.44. The molecule has 2 aromatic rings. The SMILES string of the molecule is CCc1ccc(/C=N/Nc2c(F)c(F)c(Br)c(F)c2F)cc1. The molecule has 2 aromatic carbocycles. The Morgan fingerprint density at radius 1 is 1.00 bits per heavy atom. The van der Waals surface area contributed by atoms with Gasteiger partial charge in [-0.2, -0.15) is 5.10 Å². The van der Waals surface area contributed by atoms with Crippen molar-refractivity contribution in [1.82, 2.24) is 0 Å². The van der Waals surface area contributed by atoms with Crippen molar-refractivity contribution < 1.29 is 17.6 Å². The highest BCUT2D eigenvalue weighted by atomic mass is 79.9. The van der Waals surface area contributed by atoms with E-state index in [1.165, 1.54) is 6.21 Å². The van der Waals surface area contributed by atoms with Gasteiger partial charge >= 0.3 is 0 Å². The van der Waals surface area contributed by atoms with Crippen LogP contribution in [0.25, 0.3) is 0 Å². The van der Waals surface area contributed by atoms with Crippen molar-refractivity contribution in [2.75, 3.05) is 5.43 Å². The van der Waals surface area contributed by atoms with E-state index in [0.29, 0.717) is 5.56 Å². The molecule has 2 nitrogen and oxygen atoms in total. The van der Waals surface area contributed by atoms with Crippen molar-refractivity contribution in [3.05, 3.63) is 63.1 Å². The van der Waals surface area contributed by atoms with E-state index >= 15 is 0 Å². The summed E-state index contributed by atoms with van der Waals surface area (Å²) in [6.07, 6.45) is 2.17. The minimum absolute atomic E-state index is 0.670. The van der Waals surface area contributed by atoms with Crippen LogP contribution in [0, 0.1) is 23.3 Å². The molecule has 0 aliphatic carbocycles. The van der Waals surface area contributed by atoms with Gasteiger partial charge in [0.25, 0.3) is 0 Å². The first-order chi connectivity index (χ1) is 10.5. The van der Waals surface area contributed by atoms with Gasteiger partial charge in [-0.05, 0) is 33.5 Å². The molecule has 0 aromatic heterocycles. The molecule has 1 N–H and O–H groups in total. The van der Waals surface area contributed by atoms with Crippen LogP contribution in [0.4, 0.5) is 23.2 Å². The van der Waals surface area contributed by atoms with Gasteiger partial charge in [0.15, 0.2) is 23.3 Å². The number of nitrogens with zero attached hydrogens (tertiary/aromatic N) is 1. The van der Waals surface area contributed by atoms with Crippen LogP contribution < -0.4 is 5.43 Å². The number of hydrogen-bond donors (Lipinski definition) is 1. The normalized spacial score (nSPS) is 11.2. The summed E-state index contributed by atoms with van der Waals surface area (Å²) in [6.45, 7) is 2.01. The first-order valence-electron chi connectivity index (χ1n) is 6.35. The Hall–Kier alpha value is -1.89. The minimum Gasteiger partial charge on any atom is -0.272 e. The van der Waals surface area contributed by atoms with E-state index in [9.17, 15) is 17.6 Å². The molecule has 0 spiro atoms. The second-order valence-corrected chi connectivity index (χ2v) is 5.20. The summed E-state index contributed by atoms with van der Waals surface area (Å²) in [5, 5.41) is 3.60. The summed E-state index contributed by atoms with van der Waals surface area (Å²) in [6, 6.07) is 7.28. The second kappa shape index (κ2) is 6.91. The standard InChI is InChI=1S/C15H11BrF4N2/c1-2-8-3-5-9(6-4-8)7-21-22-15-13(19)11(17)10(16)12(18)14(15)20/h3-7,22H,2H2,1H3/b21-7+. The van der Waals surface area contributed by atoms with Gasteiger partial charge in [-0.25, -0.2) is 17.6 Å². The van der Waals surface area contributed by atoms with Crippen LogP contribution in [0.1, 0.15) is 18.1 Å². The van der Waals surface area contributed by atoms with Crippen LogP contribution in [0.2, 0.25) is 0 Å². The molecule has 0 unspecified atom stereocenters. The first kappa shape index (κ1) is 16.5. The molecule has 0 aliphatic heterocycles. The van der Waals surface area contributed by atoms with Crippen molar-refractivity contribution >= 4 is 27.8 Å². The molecule has 7 heteroatoms. The van der Waals surface area contributed by atoms with E-state index in [0.717, 1.165) is 12.0 Å². The van der Waals surface area contributed by atoms with Gasteiger partial charge in [0.05, 0.1) is 10.7 Å². The minimum atomic E-state index is -1.55. The summed E-state index contributed by atoms with van der Waals surface area (Å²) in [5.74, 6) is -6.15. The fraction of sp³-hybridized carbons (Fsp3) is 0.133. The largest absolute Gasteiger partial charge is 0.272 e. The molecule has 0 amide bonds. The lowest BCUT2D eigenvalue weighted by molar-refractivity contribution is 0.451. The summed E-state index contributed by atoms with van der Waals surface area (Å²) in [4.78, 5) is 0. The Morgan fingerprint density at radius 2 is 1.55 bits per heavy atom. The fourth-order valence-corrected chi connectivity index (χ4v) is 2.06. The summed E-state index contributed by atoms with van der Waals surface area (Å²) in [7, 11) is 0. The van der Waals surface area contributed by atoms with Gasteiger partial charge in [0.2, 0.25) is 0 Å². The van der Waals surface area contributed by atoms with Gasteiger partial charge in [0.1, 0.15) is 5.69 Å². The third-order valence-electron chi connectivity index (χ3n) is 2.99. The molecule has 22 heavy (non-hydrogen) atoms. The maximum absolute atomic E-state index is 13.6. The summed E-state index contributed by atoms with van der Waals surface area (Å²) < 4.78 is 53.0. The van der Waals surface area contributed by atoms with Crippen molar-refractivity contribution in [2.24, 2.45) is 5.10 Å². The van der Waals surface area contributed by atoms with Gasteiger partial charge in [-0.1, -0.05) is 31.2 Å². The van der Waals surface area contributed by atoms with Crippen LogP contribution in [-0.4, -0.2) is 6.21 Å². The van der Waals surface area contributed by atoms with Crippen LogP contribution in [0.15, 0.2) is 33.8 Å². The Balaban J connectivity index is 2.22. The van der Waals surface area contributed by atoms with Gasteiger partial charge in [-0.3, -0.25) is 5.43 Å². The van der Waals surface area contributed by atoms with Crippen LogP contribution >= 0.6 is 15.9 Å². The molecule has 0 bridgehead atoms. The number of nitrogens with one attached hydrogen (secondary N) is 1. The van der Waals surface area contributed by atoms with E-state index < -0.39 is 33.4 Å². The Kier molecular flexibility index (Phi) is 5.18. The molecule has 116 valence electrons. The number of rotatable bonds is 4. The number of hydrogen-bond acceptors (Lipinski definition) is 2. The Bertz CT molecular complexity index is 685. The third kappa shape index (κ3) is 3.30. The maximum atomic E-state index is 13.6. The van der Waals surface area contributed by atoms with Crippen molar-refractivity contribution in [3.8, 4) is 0 Å². The van der Waals surface area contributed by atoms with E-state index in [2.05, 4.69) is 21.0 Å².